The highest BCUT2D eigenvalue weighted by atomic mass is 16.5. The summed E-state index contributed by atoms with van der Waals surface area (Å²) in [6.07, 6.45) is 4.54. The van der Waals surface area contributed by atoms with Crippen LogP contribution in [0, 0.1) is 5.92 Å². The Hall–Kier alpha value is -0.970. The molecule has 4 heteroatoms. The molecule has 1 unspecified atom stereocenters. The molecule has 2 N–H and O–H groups in total. The van der Waals surface area contributed by atoms with Crippen molar-refractivity contribution in [1.29, 1.82) is 0 Å². The van der Waals surface area contributed by atoms with Crippen LogP contribution in [0.4, 0.5) is 0 Å². The van der Waals surface area contributed by atoms with Gasteiger partial charge in [-0.15, -0.1) is 0 Å². The van der Waals surface area contributed by atoms with E-state index < -0.39 is 0 Å². The van der Waals surface area contributed by atoms with Crippen molar-refractivity contribution in [2.24, 2.45) is 11.7 Å². The SMILES string of the molecule is COCCN(Cc1cccnc1CN)C(C)C1CC1. The van der Waals surface area contributed by atoms with Crippen LogP contribution in [0.25, 0.3) is 0 Å². The number of hydrogen-bond donors (Lipinski definition) is 1. The molecule has 0 radical (unpaired) electrons. The van der Waals surface area contributed by atoms with Gasteiger partial charge < -0.3 is 10.5 Å². The molecule has 106 valence electrons. The van der Waals surface area contributed by atoms with Crippen molar-refractivity contribution in [1.82, 2.24) is 9.88 Å². The van der Waals surface area contributed by atoms with E-state index in [2.05, 4.69) is 22.9 Å². The summed E-state index contributed by atoms with van der Waals surface area (Å²) in [4.78, 5) is 6.86. The molecule has 0 aliphatic heterocycles. The zero-order chi connectivity index (χ0) is 13.7. The first-order valence-electron chi connectivity index (χ1n) is 7.12. The molecule has 0 aromatic carbocycles. The molecule has 1 heterocycles. The third kappa shape index (κ3) is 4.00. The summed E-state index contributed by atoms with van der Waals surface area (Å²) in [6.45, 7) is 5.49. The van der Waals surface area contributed by atoms with E-state index in [4.69, 9.17) is 10.5 Å². The third-order valence-electron chi connectivity index (χ3n) is 4.01. The maximum Gasteiger partial charge on any atom is 0.0589 e. The summed E-state index contributed by atoms with van der Waals surface area (Å²) in [5.74, 6) is 0.856. The molecule has 0 amide bonds. The van der Waals surface area contributed by atoms with E-state index >= 15 is 0 Å². The Balaban J connectivity index is 2.05. The second-order valence-corrected chi connectivity index (χ2v) is 5.35. The molecule has 4 nitrogen and oxygen atoms in total. The lowest BCUT2D eigenvalue weighted by Crippen LogP contribution is -2.37. The average molecular weight is 263 g/mol. The van der Waals surface area contributed by atoms with Crippen molar-refractivity contribution in [3.05, 3.63) is 29.6 Å². The van der Waals surface area contributed by atoms with Crippen molar-refractivity contribution in [3.63, 3.8) is 0 Å². The van der Waals surface area contributed by atoms with Crippen LogP contribution in [-0.4, -0.2) is 36.2 Å². The molecule has 2 rings (SSSR count). The highest BCUT2D eigenvalue weighted by molar-refractivity contribution is 5.19. The van der Waals surface area contributed by atoms with Crippen molar-refractivity contribution in [2.75, 3.05) is 20.3 Å². The van der Waals surface area contributed by atoms with Gasteiger partial charge in [0.05, 0.1) is 12.3 Å². The first-order valence-corrected chi connectivity index (χ1v) is 7.12. The minimum Gasteiger partial charge on any atom is -0.383 e. The van der Waals surface area contributed by atoms with Gasteiger partial charge in [-0.3, -0.25) is 9.88 Å². The molecular weight excluding hydrogens is 238 g/mol. The fraction of sp³-hybridized carbons (Fsp3) is 0.667. The van der Waals surface area contributed by atoms with Crippen LogP contribution >= 0.6 is 0 Å². The summed E-state index contributed by atoms with van der Waals surface area (Å²) in [7, 11) is 1.76. The number of pyridine rings is 1. The van der Waals surface area contributed by atoms with Gasteiger partial charge in [-0.2, -0.15) is 0 Å². The van der Waals surface area contributed by atoms with Crippen LogP contribution in [-0.2, 0) is 17.8 Å². The molecule has 1 fully saturated rings. The number of ether oxygens (including phenoxy) is 1. The average Bonchev–Trinajstić information content (AvgIpc) is 3.27. The van der Waals surface area contributed by atoms with Crippen molar-refractivity contribution in [3.8, 4) is 0 Å². The molecule has 0 saturated heterocycles. The first-order chi connectivity index (χ1) is 9.26. The van der Waals surface area contributed by atoms with Gasteiger partial charge in [0.1, 0.15) is 0 Å². The van der Waals surface area contributed by atoms with Gasteiger partial charge in [-0.1, -0.05) is 6.07 Å². The Morgan fingerprint density at radius 2 is 2.32 bits per heavy atom. The summed E-state index contributed by atoms with van der Waals surface area (Å²) >= 11 is 0. The molecule has 1 atom stereocenters. The van der Waals surface area contributed by atoms with E-state index in [-0.39, 0.29) is 0 Å². The van der Waals surface area contributed by atoms with Crippen LogP contribution in [0.3, 0.4) is 0 Å². The van der Waals surface area contributed by atoms with Gasteiger partial charge in [0.2, 0.25) is 0 Å². The Bertz CT molecular complexity index is 393. The Labute approximate surface area is 116 Å². The lowest BCUT2D eigenvalue weighted by Gasteiger charge is -2.29. The topological polar surface area (TPSA) is 51.4 Å². The summed E-state index contributed by atoms with van der Waals surface area (Å²) in [5, 5.41) is 0. The molecule has 0 bridgehead atoms. The van der Waals surface area contributed by atoms with Crippen LogP contribution in [0.5, 0.6) is 0 Å². The normalized spacial score (nSPS) is 16.8. The molecule has 1 aromatic rings. The van der Waals surface area contributed by atoms with Gasteiger partial charge >= 0.3 is 0 Å². The number of methoxy groups -OCH3 is 1. The smallest absolute Gasteiger partial charge is 0.0589 e. The maximum atomic E-state index is 5.77. The third-order valence-corrected chi connectivity index (χ3v) is 4.01. The van der Waals surface area contributed by atoms with Crippen molar-refractivity contribution in [2.45, 2.75) is 38.9 Å². The van der Waals surface area contributed by atoms with Gasteiger partial charge in [0.15, 0.2) is 0 Å². The van der Waals surface area contributed by atoms with E-state index in [0.29, 0.717) is 12.6 Å². The van der Waals surface area contributed by atoms with Crippen LogP contribution < -0.4 is 5.73 Å². The predicted molar refractivity (Wildman–Crippen MR) is 76.6 cm³/mol. The minimum absolute atomic E-state index is 0.506. The molecule has 19 heavy (non-hydrogen) atoms. The van der Waals surface area contributed by atoms with Gasteiger partial charge in [-0.05, 0) is 37.3 Å². The van der Waals surface area contributed by atoms with Crippen molar-refractivity contribution >= 4 is 0 Å². The predicted octanol–water partition coefficient (Wildman–Crippen LogP) is 1.79. The van der Waals surface area contributed by atoms with Crippen LogP contribution in [0.2, 0.25) is 0 Å². The zero-order valence-corrected chi connectivity index (χ0v) is 12.0. The van der Waals surface area contributed by atoms with E-state index in [1.54, 1.807) is 7.11 Å². The largest absolute Gasteiger partial charge is 0.383 e. The highest BCUT2D eigenvalue weighted by Crippen LogP contribution is 2.35. The number of hydrogen-bond acceptors (Lipinski definition) is 4. The van der Waals surface area contributed by atoms with Crippen LogP contribution in [0.1, 0.15) is 31.0 Å². The second kappa shape index (κ2) is 6.98. The highest BCUT2D eigenvalue weighted by Gasteiger charge is 2.31. The monoisotopic (exact) mass is 263 g/mol. The first kappa shape index (κ1) is 14.4. The Morgan fingerprint density at radius 3 is 2.95 bits per heavy atom. The number of nitrogens with two attached hydrogens (primary N) is 1. The summed E-state index contributed by atoms with van der Waals surface area (Å²) < 4.78 is 5.23. The fourth-order valence-electron chi connectivity index (χ4n) is 2.53. The van der Waals surface area contributed by atoms with Gasteiger partial charge in [0, 0.05) is 39.0 Å². The van der Waals surface area contributed by atoms with Crippen molar-refractivity contribution < 1.29 is 4.74 Å². The summed E-state index contributed by atoms with van der Waals surface area (Å²) in [6, 6.07) is 4.74. The molecule has 1 aromatic heterocycles. The molecule has 1 aliphatic carbocycles. The lowest BCUT2D eigenvalue weighted by atomic mass is 10.1. The van der Waals surface area contributed by atoms with Gasteiger partial charge in [-0.25, -0.2) is 0 Å². The fourth-order valence-corrected chi connectivity index (χ4v) is 2.53. The van der Waals surface area contributed by atoms with E-state index in [9.17, 15) is 0 Å². The Morgan fingerprint density at radius 1 is 1.53 bits per heavy atom. The Kier molecular flexibility index (Phi) is 5.31. The minimum atomic E-state index is 0.506. The molecular formula is C15H25N3O. The summed E-state index contributed by atoms with van der Waals surface area (Å²) in [5.41, 5.74) is 8.02. The lowest BCUT2D eigenvalue weighted by molar-refractivity contribution is 0.111. The number of rotatable bonds is 8. The number of aromatic nitrogens is 1. The number of nitrogens with zero attached hydrogens (tertiary/aromatic N) is 2. The maximum absolute atomic E-state index is 5.77. The quantitative estimate of drug-likeness (QED) is 0.777. The van der Waals surface area contributed by atoms with E-state index in [0.717, 1.165) is 31.3 Å². The van der Waals surface area contributed by atoms with Gasteiger partial charge in [0.25, 0.3) is 0 Å². The molecule has 1 saturated carbocycles. The van der Waals surface area contributed by atoms with E-state index in [1.165, 1.54) is 18.4 Å². The molecule has 0 spiro atoms. The zero-order valence-electron chi connectivity index (χ0n) is 12.0. The molecule has 1 aliphatic rings. The van der Waals surface area contributed by atoms with Crippen LogP contribution in [0.15, 0.2) is 18.3 Å². The standard InChI is InChI=1S/C15H25N3O/c1-12(13-5-6-13)18(8-9-19-2)11-14-4-3-7-17-15(14)10-16/h3-4,7,12-13H,5-6,8-11,16H2,1-2H3. The second-order valence-electron chi connectivity index (χ2n) is 5.35. The van der Waals surface area contributed by atoms with E-state index in [1.807, 2.05) is 12.3 Å².